The molecule has 0 fully saturated rings. The first kappa shape index (κ1) is 14.6. The van der Waals surface area contributed by atoms with Gasteiger partial charge in [-0.25, -0.2) is 0 Å². The van der Waals surface area contributed by atoms with Crippen LogP contribution in [0.2, 0.25) is 0 Å². The maximum atomic E-state index is 6.14. The third kappa shape index (κ3) is 3.40. The predicted octanol–water partition coefficient (Wildman–Crippen LogP) is 4.29. The Morgan fingerprint density at radius 1 is 1.10 bits per heavy atom. The van der Waals surface area contributed by atoms with Gasteiger partial charge < -0.3 is 10.5 Å². The fourth-order valence-electron chi connectivity index (χ4n) is 2.25. The molecule has 0 amide bonds. The molecule has 0 bridgehead atoms. The van der Waals surface area contributed by atoms with Gasteiger partial charge in [0.1, 0.15) is 12.4 Å². The van der Waals surface area contributed by atoms with Gasteiger partial charge in [-0.1, -0.05) is 48.9 Å². The molecule has 2 heteroatoms. The molecule has 2 aromatic rings. The SMILES string of the molecule is CCC(N)c1ccccc1OCc1cc(C)ccc1C. The second-order valence-electron chi connectivity index (χ2n) is 5.27. The fraction of sp³-hybridized carbons (Fsp3) is 0.333. The minimum absolute atomic E-state index is 0.0322. The van der Waals surface area contributed by atoms with Gasteiger partial charge in [-0.15, -0.1) is 0 Å². The summed E-state index contributed by atoms with van der Waals surface area (Å²) in [5.41, 5.74) is 11.0. The van der Waals surface area contributed by atoms with E-state index in [9.17, 15) is 0 Å². The quantitative estimate of drug-likeness (QED) is 0.878. The zero-order valence-corrected chi connectivity index (χ0v) is 12.5. The maximum Gasteiger partial charge on any atom is 0.124 e. The first-order valence-electron chi connectivity index (χ1n) is 7.15. The number of ether oxygens (including phenoxy) is 1. The molecule has 0 heterocycles. The Morgan fingerprint density at radius 2 is 1.85 bits per heavy atom. The molecule has 0 aliphatic heterocycles. The number of nitrogens with two attached hydrogens (primary N) is 1. The summed E-state index contributed by atoms with van der Waals surface area (Å²) < 4.78 is 6.00. The van der Waals surface area contributed by atoms with Crippen molar-refractivity contribution in [1.29, 1.82) is 0 Å². The Morgan fingerprint density at radius 3 is 2.60 bits per heavy atom. The summed E-state index contributed by atoms with van der Waals surface area (Å²) in [6.07, 6.45) is 0.907. The highest BCUT2D eigenvalue weighted by Gasteiger charge is 2.10. The van der Waals surface area contributed by atoms with Crippen LogP contribution in [0.15, 0.2) is 42.5 Å². The van der Waals surface area contributed by atoms with Crippen molar-refractivity contribution in [2.75, 3.05) is 0 Å². The van der Waals surface area contributed by atoms with Crippen molar-refractivity contribution in [2.45, 2.75) is 39.8 Å². The van der Waals surface area contributed by atoms with Gasteiger partial charge in [0.2, 0.25) is 0 Å². The van der Waals surface area contributed by atoms with Crippen molar-refractivity contribution in [2.24, 2.45) is 5.73 Å². The van der Waals surface area contributed by atoms with Crippen LogP contribution in [0.3, 0.4) is 0 Å². The van der Waals surface area contributed by atoms with Gasteiger partial charge >= 0.3 is 0 Å². The van der Waals surface area contributed by atoms with Crippen LogP contribution in [0.25, 0.3) is 0 Å². The summed E-state index contributed by atoms with van der Waals surface area (Å²) in [5, 5.41) is 0. The van der Waals surface area contributed by atoms with Gasteiger partial charge in [-0.05, 0) is 37.5 Å². The third-order valence-corrected chi connectivity index (χ3v) is 3.65. The zero-order valence-electron chi connectivity index (χ0n) is 12.5. The van der Waals surface area contributed by atoms with E-state index in [1.54, 1.807) is 0 Å². The summed E-state index contributed by atoms with van der Waals surface area (Å²) in [4.78, 5) is 0. The van der Waals surface area contributed by atoms with Crippen molar-refractivity contribution in [1.82, 2.24) is 0 Å². The molecule has 0 spiro atoms. The number of rotatable bonds is 5. The second-order valence-corrected chi connectivity index (χ2v) is 5.27. The molecule has 20 heavy (non-hydrogen) atoms. The lowest BCUT2D eigenvalue weighted by Gasteiger charge is -2.16. The van der Waals surface area contributed by atoms with Crippen molar-refractivity contribution in [3.8, 4) is 5.75 Å². The molecular weight excluding hydrogens is 246 g/mol. The Balaban J connectivity index is 2.17. The molecule has 0 aromatic heterocycles. The number of benzene rings is 2. The smallest absolute Gasteiger partial charge is 0.124 e. The molecule has 0 radical (unpaired) electrons. The number of hydrogen-bond acceptors (Lipinski definition) is 2. The van der Waals surface area contributed by atoms with E-state index in [2.05, 4.69) is 39.0 Å². The van der Waals surface area contributed by atoms with Crippen LogP contribution in [-0.2, 0) is 6.61 Å². The standard InChI is InChI=1S/C18H23NO/c1-4-17(19)16-7-5-6-8-18(16)20-12-15-11-13(2)9-10-14(15)3/h5-11,17H,4,12,19H2,1-3H3. The van der Waals surface area contributed by atoms with Crippen molar-refractivity contribution in [3.05, 3.63) is 64.7 Å². The minimum atomic E-state index is 0.0322. The Labute approximate surface area is 121 Å². The monoisotopic (exact) mass is 269 g/mol. The summed E-state index contributed by atoms with van der Waals surface area (Å²) in [7, 11) is 0. The highest BCUT2D eigenvalue weighted by atomic mass is 16.5. The van der Waals surface area contributed by atoms with E-state index in [1.165, 1.54) is 16.7 Å². The lowest BCUT2D eigenvalue weighted by Crippen LogP contribution is -2.11. The van der Waals surface area contributed by atoms with Crippen LogP contribution in [0.1, 0.15) is 41.6 Å². The maximum absolute atomic E-state index is 6.14. The summed E-state index contributed by atoms with van der Waals surface area (Å²) in [6, 6.07) is 14.5. The number of aryl methyl sites for hydroxylation is 2. The Hall–Kier alpha value is -1.80. The lowest BCUT2D eigenvalue weighted by atomic mass is 10.0. The van der Waals surface area contributed by atoms with Crippen molar-refractivity contribution in [3.63, 3.8) is 0 Å². The van der Waals surface area contributed by atoms with E-state index in [0.29, 0.717) is 6.61 Å². The normalized spacial score (nSPS) is 12.2. The van der Waals surface area contributed by atoms with E-state index < -0.39 is 0 Å². The lowest BCUT2D eigenvalue weighted by molar-refractivity contribution is 0.300. The van der Waals surface area contributed by atoms with Crippen LogP contribution >= 0.6 is 0 Å². The topological polar surface area (TPSA) is 35.2 Å². The molecule has 2 aromatic carbocycles. The van der Waals surface area contributed by atoms with Crippen LogP contribution < -0.4 is 10.5 Å². The minimum Gasteiger partial charge on any atom is -0.489 e. The first-order chi connectivity index (χ1) is 9.61. The van der Waals surface area contributed by atoms with E-state index in [4.69, 9.17) is 10.5 Å². The van der Waals surface area contributed by atoms with Gasteiger partial charge in [-0.2, -0.15) is 0 Å². The molecule has 106 valence electrons. The predicted molar refractivity (Wildman–Crippen MR) is 83.9 cm³/mol. The largest absolute Gasteiger partial charge is 0.489 e. The van der Waals surface area contributed by atoms with Crippen LogP contribution in [0.5, 0.6) is 5.75 Å². The highest BCUT2D eigenvalue weighted by molar-refractivity contribution is 5.36. The Kier molecular flexibility index (Phi) is 4.80. The first-order valence-corrected chi connectivity index (χ1v) is 7.15. The summed E-state index contributed by atoms with van der Waals surface area (Å²) in [5.74, 6) is 0.891. The fourth-order valence-corrected chi connectivity index (χ4v) is 2.25. The molecule has 0 saturated carbocycles. The molecule has 2 nitrogen and oxygen atoms in total. The molecule has 1 atom stereocenters. The van der Waals surface area contributed by atoms with Gasteiger partial charge in [-0.3, -0.25) is 0 Å². The molecule has 0 saturated heterocycles. The third-order valence-electron chi connectivity index (χ3n) is 3.65. The average Bonchev–Trinajstić information content (AvgIpc) is 2.47. The zero-order chi connectivity index (χ0) is 14.5. The average molecular weight is 269 g/mol. The van der Waals surface area contributed by atoms with E-state index in [1.807, 2.05) is 24.3 Å². The van der Waals surface area contributed by atoms with Crippen molar-refractivity contribution < 1.29 is 4.74 Å². The molecule has 2 rings (SSSR count). The summed E-state index contributed by atoms with van der Waals surface area (Å²) in [6.45, 7) is 6.89. The van der Waals surface area contributed by atoms with Gasteiger partial charge in [0.15, 0.2) is 0 Å². The van der Waals surface area contributed by atoms with Gasteiger partial charge in [0, 0.05) is 11.6 Å². The highest BCUT2D eigenvalue weighted by Crippen LogP contribution is 2.26. The summed E-state index contributed by atoms with van der Waals surface area (Å²) >= 11 is 0. The second kappa shape index (κ2) is 6.58. The van der Waals surface area contributed by atoms with Gasteiger partial charge in [0.25, 0.3) is 0 Å². The molecule has 2 N–H and O–H groups in total. The van der Waals surface area contributed by atoms with Crippen LogP contribution in [-0.4, -0.2) is 0 Å². The van der Waals surface area contributed by atoms with Crippen LogP contribution in [0, 0.1) is 13.8 Å². The molecule has 1 unspecified atom stereocenters. The van der Waals surface area contributed by atoms with Gasteiger partial charge in [0.05, 0.1) is 0 Å². The Bertz CT molecular complexity index is 577. The molecule has 0 aliphatic carbocycles. The van der Waals surface area contributed by atoms with E-state index in [-0.39, 0.29) is 6.04 Å². The number of para-hydroxylation sites is 1. The molecule has 0 aliphatic rings. The van der Waals surface area contributed by atoms with Crippen molar-refractivity contribution >= 4 is 0 Å². The molecular formula is C18H23NO. The van der Waals surface area contributed by atoms with E-state index >= 15 is 0 Å². The van der Waals surface area contributed by atoms with Crippen LogP contribution in [0.4, 0.5) is 0 Å². The van der Waals surface area contributed by atoms with E-state index in [0.717, 1.165) is 17.7 Å². The number of hydrogen-bond donors (Lipinski definition) is 1.